The number of nitrogens with zero attached hydrogens (tertiary/aromatic N) is 3. The van der Waals surface area contributed by atoms with E-state index in [1.807, 2.05) is 4.90 Å². The van der Waals surface area contributed by atoms with E-state index in [1.165, 1.54) is 6.92 Å². The molecule has 3 amide bonds. The van der Waals surface area contributed by atoms with Gasteiger partial charge >= 0.3 is 6.03 Å². The second kappa shape index (κ2) is 8.31. The molecule has 2 heterocycles. The fraction of sp³-hybridized carbons (Fsp3) is 0.526. The molecule has 0 atom stereocenters. The summed E-state index contributed by atoms with van der Waals surface area (Å²) in [6.45, 7) is 6.33. The lowest BCUT2D eigenvalue weighted by Gasteiger charge is -2.35. The summed E-state index contributed by atoms with van der Waals surface area (Å²) < 4.78 is 0. The summed E-state index contributed by atoms with van der Waals surface area (Å²) in [6, 6.07) is 6.74. The number of nitrogens with one attached hydrogen (secondary N) is 1. The van der Waals surface area contributed by atoms with E-state index in [2.05, 4.69) is 10.2 Å². The van der Waals surface area contributed by atoms with Crippen molar-refractivity contribution in [3.63, 3.8) is 0 Å². The molecule has 0 aromatic heterocycles. The molecule has 2 aliphatic heterocycles. The maximum absolute atomic E-state index is 12.4. The maximum Gasteiger partial charge on any atom is 0.321 e. The van der Waals surface area contributed by atoms with E-state index >= 15 is 0 Å². The van der Waals surface area contributed by atoms with Crippen LogP contribution in [0, 0.1) is 0 Å². The first-order valence-electron chi connectivity index (χ1n) is 9.20. The van der Waals surface area contributed by atoms with Crippen molar-refractivity contribution in [1.82, 2.24) is 14.7 Å². The van der Waals surface area contributed by atoms with E-state index in [0.717, 1.165) is 25.9 Å². The number of hydrogen-bond donors (Lipinski definition) is 1. The standard InChI is InChI=1S/C19H26N4O3/c1-15(24)16-4-6-17(7-5-16)20-19(26)23-12-10-21(11-13-23)14-18(25)22-8-2-3-9-22/h4-7H,2-3,8-14H2,1H3,(H,20,26). The van der Waals surface area contributed by atoms with Gasteiger partial charge in [0.1, 0.15) is 0 Å². The van der Waals surface area contributed by atoms with Gasteiger partial charge in [-0.15, -0.1) is 0 Å². The summed E-state index contributed by atoms with van der Waals surface area (Å²) in [6.07, 6.45) is 2.21. The Morgan fingerprint density at radius 3 is 2.08 bits per heavy atom. The highest BCUT2D eigenvalue weighted by molar-refractivity contribution is 5.95. The van der Waals surface area contributed by atoms with Gasteiger partial charge in [0.05, 0.1) is 6.54 Å². The Bertz CT molecular complexity index is 660. The minimum atomic E-state index is -0.147. The van der Waals surface area contributed by atoms with E-state index in [9.17, 15) is 14.4 Å². The molecule has 1 N–H and O–H groups in total. The van der Waals surface area contributed by atoms with E-state index in [-0.39, 0.29) is 17.7 Å². The molecule has 0 radical (unpaired) electrons. The van der Waals surface area contributed by atoms with Crippen LogP contribution in [0.4, 0.5) is 10.5 Å². The van der Waals surface area contributed by atoms with Gasteiger partial charge in [-0.05, 0) is 44.0 Å². The largest absolute Gasteiger partial charge is 0.342 e. The van der Waals surface area contributed by atoms with Gasteiger partial charge in [0.15, 0.2) is 5.78 Å². The number of likely N-dealkylation sites (tertiary alicyclic amines) is 1. The Morgan fingerprint density at radius 1 is 0.885 bits per heavy atom. The number of rotatable bonds is 4. The predicted molar refractivity (Wildman–Crippen MR) is 99.3 cm³/mol. The van der Waals surface area contributed by atoms with Crippen molar-refractivity contribution >= 4 is 23.4 Å². The highest BCUT2D eigenvalue weighted by Gasteiger charge is 2.25. The molecular formula is C19H26N4O3. The monoisotopic (exact) mass is 358 g/mol. The third kappa shape index (κ3) is 4.60. The van der Waals surface area contributed by atoms with Crippen molar-refractivity contribution in [1.29, 1.82) is 0 Å². The second-order valence-electron chi connectivity index (χ2n) is 6.91. The number of carbonyl (C=O) groups is 3. The number of amides is 3. The van der Waals surface area contributed by atoms with Gasteiger partial charge in [0.2, 0.25) is 5.91 Å². The molecule has 0 spiro atoms. The first kappa shape index (κ1) is 18.4. The quantitative estimate of drug-likeness (QED) is 0.831. The highest BCUT2D eigenvalue weighted by Crippen LogP contribution is 2.13. The SMILES string of the molecule is CC(=O)c1ccc(NC(=O)N2CCN(CC(=O)N3CCCC3)CC2)cc1. The van der Waals surface area contributed by atoms with E-state index < -0.39 is 0 Å². The molecule has 1 aromatic carbocycles. The normalized spacial score (nSPS) is 18.0. The first-order chi connectivity index (χ1) is 12.5. The van der Waals surface area contributed by atoms with Crippen LogP contribution < -0.4 is 5.32 Å². The number of urea groups is 1. The molecular weight excluding hydrogens is 332 g/mol. The van der Waals surface area contributed by atoms with E-state index in [4.69, 9.17) is 0 Å². The zero-order valence-electron chi connectivity index (χ0n) is 15.2. The molecule has 140 valence electrons. The smallest absolute Gasteiger partial charge is 0.321 e. The molecule has 0 aliphatic carbocycles. The number of hydrogen-bond acceptors (Lipinski definition) is 4. The minimum absolute atomic E-state index is 0.00229. The van der Waals surface area contributed by atoms with Crippen molar-refractivity contribution in [2.24, 2.45) is 0 Å². The average Bonchev–Trinajstić information content (AvgIpc) is 3.17. The summed E-state index contributed by atoms with van der Waals surface area (Å²) in [5.41, 5.74) is 1.30. The molecule has 7 heteroatoms. The van der Waals surface area contributed by atoms with E-state index in [0.29, 0.717) is 44.0 Å². The van der Waals surface area contributed by atoms with Gasteiger partial charge in [-0.1, -0.05) is 0 Å². The van der Waals surface area contributed by atoms with Crippen LogP contribution in [0.15, 0.2) is 24.3 Å². The number of carbonyl (C=O) groups excluding carboxylic acids is 3. The van der Waals surface area contributed by atoms with Crippen LogP contribution in [0.25, 0.3) is 0 Å². The van der Waals surface area contributed by atoms with Crippen LogP contribution in [0.1, 0.15) is 30.1 Å². The number of benzene rings is 1. The number of anilines is 1. The lowest BCUT2D eigenvalue weighted by atomic mass is 10.1. The number of ketones is 1. The number of piperazine rings is 1. The topological polar surface area (TPSA) is 73.0 Å². The van der Waals surface area contributed by atoms with Crippen molar-refractivity contribution in [3.8, 4) is 0 Å². The van der Waals surface area contributed by atoms with Gasteiger partial charge < -0.3 is 15.1 Å². The van der Waals surface area contributed by atoms with Gasteiger partial charge in [-0.2, -0.15) is 0 Å². The van der Waals surface area contributed by atoms with Crippen molar-refractivity contribution in [3.05, 3.63) is 29.8 Å². The molecule has 0 bridgehead atoms. The average molecular weight is 358 g/mol. The lowest BCUT2D eigenvalue weighted by molar-refractivity contribution is -0.131. The van der Waals surface area contributed by atoms with E-state index in [1.54, 1.807) is 29.2 Å². The molecule has 7 nitrogen and oxygen atoms in total. The van der Waals surface area contributed by atoms with Crippen molar-refractivity contribution in [2.75, 3.05) is 51.1 Å². The molecule has 2 aliphatic rings. The number of Topliss-reactive ketones (excluding diaryl/α,β-unsaturated/α-hetero) is 1. The van der Waals surface area contributed by atoms with Crippen molar-refractivity contribution < 1.29 is 14.4 Å². The molecule has 26 heavy (non-hydrogen) atoms. The first-order valence-corrected chi connectivity index (χ1v) is 9.20. The summed E-state index contributed by atoms with van der Waals surface area (Å²) in [7, 11) is 0. The summed E-state index contributed by atoms with van der Waals surface area (Å²) >= 11 is 0. The zero-order chi connectivity index (χ0) is 18.5. The van der Waals surface area contributed by atoms with Gasteiger partial charge in [-0.3, -0.25) is 14.5 Å². The Balaban J connectivity index is 1.44. The molecule has 2 saturated heterocycles. The van der Waals surface area contributed by atoms with Crippen LogP contribution in [-0.2, 0) is 4.79 Å². The lowest BCUT2D eigenvalue weighted by Crippen LogP contribution is -2.52. The minimum Gasteiger partial charge on any atom is -0.342 e. The third-order valence-electron chi connectivity index (χ3n) is 5.02. The Labute approximate surface area is 153 Å². The van der Waals surface area contributed by atoms with Crippen LogP contribution in [0.2, 0.25) is 0 Å². The highest BCUT2D eigenvalue weighted by atomic mass is 16.2. The summed E-state index contributed by atoms with van der Waals surface area (Å²) in [5, 5.41) is 2.86. The Morgan fingerprint density at radius 2 is 1.50 bits per heavy atom. The molecule has 2 fully saturated rings. The molecule has 1 aromatic rings. The van der Waals surface area contributed by atoms with Crippen molar-refractivity contribution in [2.45, 2.75) is 19.8 Å². The summed E-state index contributed by atoms with van der Waals surface area (Å²) in [5.74, 6) is 0.202. The van der Waals surface area contributed by atoms with Crippen LogP contribution in [-0.4, -0.2) is 78.2 Å². The Hall–Kier alpha value is -2.41. The maximum atomic E-state index is 12.4. The van der Waals surface area contributed by atoms with Gasteiger partial charge in [0.25, 0.3) is 0 Å². The zero-order valence-corrected chi connectivity index (χ0v) is 15.2. The molecule has 0 saturated carbocycles. The van der Waals surface area contributed by atoms with Crippen LogP contribution in [0.5, 0.6) is 0 Å². The summed E-state index contributed by atoms with van der Waals surface area (Å²) in [4.78, 5) is 41.7. The van der Waals surface area contributed by atoms with Gasteiger partial charge in [0, 0.05) is 50.5 Å². The van der Waals surface area contributed by atoms with Crippen LogP contribution in [0.3, 0.4) is 0 Å². The van der Waals surface area contributed by atoms with Crippen LogP contribution >= 0.6 is 0 Å². The fourth-order valence-electron chi connectivity index (χ4n) is 3.36. The second-order valence-corrected chi connectivity index (χ2v) is 6.91. The van der Waals surface area contributed by atoms with Gasteiger partial charge in [-0.25, -0.2) is 4.79 Å². The predicted octanol–water partition coefficient (Wildman–Crippen LogP) is 1.66. The molecule has 3 rings (SSSR count). The fourth-order valence-corrected chi connectivity index (χ4v) is 3.36. The Kier molecular flexibility index (Phi) is 5.88. The molecule has 0 unspecified atom stereocenters. The third-order valence-corrected chi connectivity index (χ3v) is 5.02.